The molecule has 0 atom stereocenters. The van der Waals surface area contributed by atoms with E-state index < -0.39 is 147 Å². The van der Waals surface area contributed by atoms with Crippen molar-refractivity contribution in [2.75, 3.05) is 0 Å². The Morgan fingerprint density at radius 3 is 0.936 bits per heavy atom. The standard InChI is InChI=1S/C26H13BF19O/c1-9(2)47-27(14-5-10(22(32,33)34)3-11(6-14)23(35,36)37,15-7-12(24(38,39)40)4-13(8-15)25(41,42)43)17-20(30)18(28)16(26(44,45)46)19(29)21(17)31/h3-9H,1-2H3/q-1. The Morgan fingerprint density at radius 1 is 0.447 bits per heavy atom. The van der Waals surface area contributed by atoms with Crippen molar-refractivity contribution in [3.63, 3.8) is 0 Å². The zero-order valence-corrected chi connectivity index (χ0v) is 22.7. The predicted octanol–water partition coefficient (Wildman–Crippen LogP) is 8.73. The largest absolute Gasteiger partial charge is 0.577 e. The number of alkyl halides is 15. The highest BCUT2D eigenvalue weighted by molar-refractivity contribution is 7.07. The lowest BCUT2D eigenvalue weighted by Gasteiger charge is -2.46. The Hall–Kier alpha value is -3.65. The summed E-state index contributed by atoms with van der Waals surface area (Å²) in [4.78, 5) is 0. The number of benzene rings is 3. The molecule has 260 valence electrons. The summed E-state index contributed by atoms with van der Waals surface area (Å²) < 4.78 is 272. The fraction of sp³-hybridized carbons (Fsp3) is 0.308. The van der Waals surface area contributed by atoms with E-state index in [1.54, 1.807) is 0 Å². The van der Waals surface area contributed by atoms with Gasteiger partial charge in [-0.2, -0.15) is 76.8 Å². The van der Waals surface area contributed by atoms with Gasteiger partial charge in [0.2, 0.25) is 6.35 Å². The summed E-state index contributed by atoms with van der Waals surface area (Å²) in [5, 5.41) is 0. The Morgan fingerprint density at radius 2 is 0.723 bits per heavy atom. The summed E-state index contributed by atoms with van der Waals surface area (Å²) in [6.07, 6.45) is -37.2. The molecule has 3 aromatic rings. The van der Waals surface area contributed by atoms with Gasteiger partial charge in [-0.15, -0.1) is 0 Å². The van der Waals surface area contributed by atoms with E-state index in [1.165, 1.54) is 0 Å². The van der Waals surface area contributed by atoms with Crippen LogP contribution >= 0.6 is 0 Å². The minimum absolute atomic E-state index is 0.489. The minimum Gasteiger partial charge on any atom is -0.577 e. The van der Waals surface area contributed by atoms with E-state index in [-0.39, 0.29) is 0 Å². The first kappa shape index (κ1) is 37.8. The van der Waals surface area contributed by atoms with Crippen LogP contribution in [0.3, 0.4) is 0 Å². The third-order valence-corrected chi connectivity index (χ3v) is 6.62. The highest BCUT2D eigenvalue weighted by Crippen LogP contribution is 2.40. The summed E-state index contributed by atoms with van der Waals surface area (Å²) in [5.41, 5.74) is -19.7. The number of halogens is 19. The fourth-order valence-electron chi connectivity index (χ4n) is 4.84. The first-order valence-corrected chi connectivity index (χ1v) is 12.3. The highest BCUT2D eigenvalue weighted by atomic mass is 19.4. The maximum Gasteiger partial charge on any atom is 0.422 e. The first-order chi connectivity index (χ1) is 20.9. The smallest absolute Gasteiger partial charge is 0.422 e. The van der Waals surface area contributed by atoms with Crippen molar-refractivity contribution in [1.82, 2.24) is 0 Å². The molecule has 3 aromatic carbocycles. The average molecular weight is 713 g/mol. The van der Waals surface area contributed by atoms with E-state index in [4.69, 9.17) is 4.65 Å². The maximum atomic E-state index is 15.7. The molecule has 0 heterocycles. The second kappa shape index (κ2) is 11.8. The molecule has 0 saturated heterocycles. The lowest BCUT2D eigenvalue weighted by Crippen LogP contribution is -2.72. The molecule has 0 aromatic heterocycles. The Labute approximate surface area is 249 Å². The predicted molar refractivity (Wildman–Crippen MR) is 125 cm³/mol. The quantitative estimate of drug-likeness (QED) is 0.146. The molecule has 0 unspecified atom stereocenters. The molecular formula is C26H13BF19O-. The van der Waals surface area contributed by atoms with Crippen LogP contribution in [0.5, 0.6) is 0 Å². The van der Waals surface area contributed by atoms with Crippen LogP contribution in [0.4, 0.5) is 83.4 Å². The second-order valence-corrected chi connectivity index (χ2v) is 10.2. The Bertz CT molecular complexity index is 1490. The SMILES string of the molecule is CC(C)O[B-](c1cc(C(F)(F)F)cc(C(F)(F)F)c1)(c1cc(C(F)(F)F)cc(C(F)(F)F)c1)c1c(F)c(F)c(C(F)(F)F)c(F)c1F. The monoisotopic (exact) mass is 713 g/mol. The highest BCUT2D eigenvalue weighted by Gasteiger charge is 2.49. The van der Waals surface area contributed by atoms with Crippen LogP contribution in [0.2, 0.25) is 0 Å². The maximum absolute atomic E-state index is 15.7. The van der Waals surface area contributed by atoms with Crippen LogP contribution in [0.25, 0.3) is 0 Å². The van der Waals surface area contributed by atoms with Crippen LogP contribution in [0, 0.1) is 23.3 Å². The molecular weight excluding hydrogens is 700 g/mol. The van der Waals surface area contributed by atoms with Crippen LogP contribution in [-0.4, -0.2) is 12.5 Å². The third-order valence-electron chi connectivity index (χ3n) is 6.62. The van der Waals surface area contributed by atoms with Crippen molar-refractivity contribution in [2.45, 2.75) is 50.8 Å². The van der Waals surface area contributed by atoms with Crippen molar-refractivity contribution in [2.24, 2.45) is 0 Å². The molecule has 1 nitrogen and oxygen atoms in total. The Balaban J connectivity index is 2.86. The van der Waals surface area contributed by atoms with Crippen molar-refractivity contribution in [3.8, 4) is 0 Å². The van der Waals surface area contributed by atoms with Crippen molar-refractivity contribution in [1.29, 1.82) is 0 Å². The van der Waals surface area contributed by atoms with Gasteiger partial charge in [-0.1, -0.05) is 29.7 Å². The van der Waals surface area contributed by atoms with Crippen LogP contribution < -0.4 is 16.4 Å². The van der Waals surface area contributed by atoms with Crippen molar-refractivity contribution >= 4 is 22.7 Å². The molecule has 0 fully saturated rings. The number of rotatable bonds is 5. The van der Waals surface area contributed by atoms with Gasteiger partial charge in [-0.05, 0) is 26.0 Å². The van der Waals surface area contributed by atoms with Gasteiger partial charge in [-0.25, -0.2) is 17.6 Å². The van der Waals surface area contributed by atoms with Crippen molar-refractivity contribution < 1.29 is 88.1 Å². The molecule has 0 amide bonds. The van der Waals surface area contributed by atoms with Gasteiger partial charge in [0, 0.05) is 6.10 Å². The van der Waals surface area contributed by atoms with E-state index >= 15 is 8.78 Å². The van der Waals surface area contributed by atoms with E-state index in [0.717, 1.165) is 13.8 Å². The molecule has 0 aliphatic heterocycles. The van der Waals surface area contributed by atoms with Gasteiger partial charge in [-0.3, -0.25) is 0 Å². The van der Waals surface area contributed by atoms with E-state index in [9.17, 15) is 74.6 Å². The molecule has 21 heteroatoms. The van der Waals surface area contributed by atoms with E-state index in [1.807, 2.05) is 0 Å². The molecule has 0 spiro atoms. The zero-order chi connectivity index (χ0) is 36.5. The first-order valence-electron chi connectivity index (χ1n) is 12.3. The molecule has 0 saturated carbocycles. The summed E-state index contributed by atoms with van der Waals surface area (Å²) in [5.74, 6) is -13.4. The topological polar surface area (TPSA) is 9.23 Å². The lowest BCUT2D eigenvalue weighted by molar-refractivity contribution is -0.144. The molecule has 0 aliphatic rings. The average Bonchev–Trinajstić information content (AvgIpc) is 2.88. The lowest BCUT2D eigenvalue weighted by atomic mass is 9.27. The van der Waals surface area contributed by atoms with Gasteiger partial charge >= 0.3 is 30.9 Å². The fourth-order valence-corrected chi connectivity index (χ4v) is 4.84. The van der Waals surface area contributed by atoms with Crippen LogP contribution in [-0.2, 0) is 35.5 Å². The number of hydrogen-bond acceptors (Lipinski definition) is 1. The second-order valence-electron chi connectivity index (χ2n) is 10.2. The third kappa shape index (κ3) is 7.28. The van der Waals surface area contributed by atoms with Gasteiger partial charge in [0.15, 0.2) is 11.6 Å². The molecule has 47 heavy (non-hydrogen) atoms. The van der Waals surface area contributed by atoms with E-state index in [0.29, 0.717) is 0 Å². The number of hydrogen-bond donors (Lipinski definition) is 0. The molecule has 0 radical (unpaired) electrons. The summed E-state index contributed by atoms with van der Waals surface area (Å²) >= 11 is 0. The zero-order valence-electron chi connectivity index (χ0n) is 22.7. The molecule has 0 bridgehead atoms. The summed E-state index contributed by atoms with van der Waals surface area (Å²) in [6.45, 7) is 1.44. The summed E-state index contributed by atoms with van der Waals surface area (Å²) in [7, 11) is 0. The van der Waals surface area contributed by atoms with Gasteiger partial charge in [0.25, 0.3) is 0 Å². The normalized spacial score (nSPS) is 13.9. The van der Waals surface area contributed by atoms with Gasteiger partial charge in [0.1, 0.15) is 17.2 Å². The molecule has 0 aliphatic carbocycles. The van der Waals surface area contributed by atoms with E-state index in [2.05, 4.69) is 0 Å². The molecule has 0 N–H and O–H groups in total. The van der Waals surface area contributed by atoms with Crippen LogP contribution in [0.1, 0.15) is 41.7 Å². The minimum atomic E-state index is -6.29. The Kier molecular flexibility index (Phi) is 9.49. The molecule has 3 rings (SSSR count). The van der Waals surface area contributed by atoms with Gasteiger partial charge < -0.3 is 4.65 Å². The summed E-state index contributed by atoms with van der Waals surface area (Å²) in [6, 6.07) is -3.24. The van der Waals surface area contributed by atoms with Gasteiger partial charge in [0.05, 0.1) is 22.3 Å². The van der Waals surface area contributed by atoms with Crippen molar-refractivity contribution in [3.05, 3.63) is 87.5 Å². The van der Waals surface area contributed by atoms with Crippen LogP contribution in [0.15, 0.2) is 36.4 Å².